The molecule has 4 aromatic rings. The fourth-order valence-electron chi connectivity index (χ4n) is 7.07. The van der Waals surface area contributed by atoms with Crippen LogP contribution in [-0.4, -0.2) is 68.4 Å². The van der Waals surface area contributed by atoms with Crippen molar-refractivity contribution in [2.75, 3.05) is 11.5 Å². The fraction of sp³-hybridized carbons (Fsp3) is 0.588. The molecule has 1 aromatic carbocycles. The minimum Gasteiger partial charge on any atom is -0.444 e. The van der Waals surface area contributed by atoms with Gasteiger partial charge < -0.3 is 24.3 Å². The van der Waals surface area contributed by atoms with Gasteiger partial charge in [0.2, 0.25) is 5.95 Å². The first kappa shape index (κ1) is 33.5. The van der Waals surface area contributed by atoms with Crippen LogP contribution in [0, 0.1) is 0 Å². The van der Waals surface area contributed by atoms with Crippen LogP contribution in [0.25, 0.3) is 33.1 Å². The molecular weight excluding hydrogens is 634 g/mol. The number of anilines is 1. The van der Waals surface area contributed by atoms with Gasteiger partial charge in [-0.25, -0.2) is 4.79 Å². The Morgan fingerprint density at radius 2 is 1.79 bits per heavy atom. The van der Waals surface area contributed by atoms with Gasteiger partial charge in [0.1, 0.15) is 12.3 Å². The summed E-state index contributed by atoms with van der Waals surface area (Å²) < 4.78 is 17.1. The number of aryl methyl sites for hydroxylation is 1. The zero-order valence-corrected chi connectivity index (χ0v) is 30.6. The number of hydrogen-bond acceptors (Lipinski definition) is 7. The van der Waals surface area contributed by atoms with Gasteiger partial charge >= 0.3 is 6.09 Å². The number of nitrogens with one attached hydrogen (secondary N) is 1. The van der Waals surface area contributed by atoms with E-state index >= 15 is 0 Å². The summed E-state index contributed by atoms with van der Waals surface area (Å²) in [6.45, 7) is 13.5. The molecule has 2 atom stereocenters. The third-order valence-electron chi connectivity index (χ3n) is 9.26. The van der Waals surface area contributed by atoms with Gasteiger partial charge in [0.05, 0.1) is 15.9 Å². The Kier molecular flexibility index (Phi) is 8.99. The number of ether oxygens (including phenoxy) is 2. The van der Waals surface area contributed by atoms with E-state index in [1.165, 1.54) is 0 Å². The number of amides is 1. The average Bonchev–Trinajstić information content (AvgIpc) is 3.51. The van der Waals surface area contributed by atoms with Crippen LogP contribution in [0.4, 0.5) is 10.7 Å². The SMILES string of the molecule is Cn1cc2c(Cl)c(-c3cn(COCC[Si](C)(C)C)c4nc(N5C6CCCC5CC(NC(=O)OC(C)(C)C)C6)n(C)c(=O)c34)ccc2n1. The van der Waals surface area contributed by atoms with E-state index in [1.54, 1.807) is 9.25 Å². The highest BCUT2D eigenvalue weighted by Gasteiger charge is 2.41. The predicted molar refractivity (Wildman–Crippen MR) is 190 cm³/mol. The summed E-state index contributed by atoms with van der Waals surface area (Å²) in [5.74, 6) is 0.648. The lowest BCUT2D eigenvalue weighted by atomic mass is 9.82. The quantitative estimate of drug-likeness (QED) is 0.164. The maximum atomic E-state index is 14.4. The maximum absolute atomic E-state index is 14.4. The fourth-order valence-corrected chi connectivity index (χ4v) is 8.13. The number of fused-ring (bicyclic) bond motifs is 4. The summed E-state index contributed by atoms with van der Waals surface area (Å²) >= 11 is 7.01. The zero-order chi connectivity index (χ0) is 33.8. The van der Waals surface area contributed by atoms with E-state index in [9.17, 15) is 9.59 Å². The summed E-state index contributed by atoms with van der Waals surface area (Å²) in [5.41, 5.74) is 2.18. The second-order valence-corrected chi connectivity index (χ2v) is 21.5. The van der Waals surface area contributed by atoms with Gasteiger partial charge in [-0.05, 0) is 65.0 Å². The average molecular weight is 682 g/mol. The Bertz CT molecular complexity index is 1850. The molecular formula is C34H48ClN7O4Si. The summed E-state index contributed by atoms with van der Waals surface area (Å²) in [6.07, 6.45) is 8.01. The number of alkyl carbamates (subject to hydrolysis) is 1. The van der Waals surface area contributed by atoms with E-state index in [4.69, 9.17) is 26.1 Å². The van der Waals surface area contributed by atoms with E-state index < -0.39 is 13.7 Å². The minimum atomic E-state index is -1.29. The Morgan fingerprint density at radius 3 is 2.45 bits per heavy atom. The lowest BCUT2D eigenvalue weighted by Gasteiger charge is -2.49. The summed E-state index contributed by atoms with van der Waals surface area (Å²) in [5, 5.41) is 9.51. The number of benzene rings is 1. The Labute approximate surface area is 282 Å². The molecule has 3 aromatic heterocycles. The second kappa shape index (κ2) is 12.6. The van der Waals surface area contributed by atoms with Gasteiger partial charge in [-0.1, -0.05) is 37.3 Å². The smallest absolute Gasteiger partial charge is 0.407 e. The topological polar surface area (TPSA) is 108 Å². The lowest BCUT2D eigenvalue weighted by molar-refractivity contribution is 0.0482. The Balaban J connectivity index is 1.40. The van der Waals surface area contributed by atoms with Crippen molar-refractivity contribution in [1.29, 1.82) is 0 Å². The van der Waals surface area contributed by atoms with Gasteiger partial charge in [0, 0.05) is 75.8 Å². The molecule has 5 heterocycles. The van der Waals surface area contributed by atoms with Crippen molar-refractivity contribution >= 4 is 53.7 Å². The largest absolute Gasteiger partial charge is 0.444 e. The lowest BCUT2D eigenvalue weighted by Crippen LogP contribution is -2.58. The number of aromatic nitrogens is 5. The summed E-state index contributed by atoms with van der Waals surface area (Å²) in [6, 6.07) is 5.18. The molecule has 2 saturated heterocycles. The van der Waals surface area contributed by atoms with E-state index in [-0.39, 0.29) is 36.5 Å². The summed E-state index contributed by atoms with van der Waals surface area (Å²) in [4.78, 5) is 34.6. The van der Waals surface area contributed by atoms with E-state index in [0.717, 1.165) is 60.2 Å². The third kappa shape index (κ3) is 6.96. The van der Waals surface area contributed by atoms with Crippen molar-refractivity contribution in [3.05, 3.63) is 39.9 Å². The maximum Gasteiger partial charge on any atom is 0.407 e. The molecule has 2 bridgehead atoms. The highest BCUT2D eigenvalue weighted by atomic mass is 35.5. The molecule has 1 N–H and O–H groups in total. The number of carbonyl (C=O) groups excluding carboxylic acids is 1. The molecule has 254 valence electrons. The first-order valence-electron chi connectivity index (χ1n) is 16.7. The second-order valence-electron chi connectivity index (χ2n) is 15.5. The molecule has 0 radical (unpaired) electrons. The van der Waals surface area contributed by atoms with Crippen molar-refractivity contribution in [1.82, 2.24) is 29.2 Å². The number of piperidine rings is 2. The standard InChI is InChI=1S/C34H48ClN7O4Si/c1-34(2,3)46-33(44)36-21-16-22-10-9-11-23(17-21)42(22)32-37-30-28(31(43)40(32)5)25(19-41(30)20-45-14-15-47(6,7)8)24-12-13-27-26(29(24)35)18-39(4)38-27/h12-13,18-19,21-23H,9-11,14-17,20H2,1-8H3,(H,36,44). The zero-order valence-electron chi connectivity index (χ0n) is 28.9. The molecule has 0 spiro atoms. The van der Waals surface area contributed by atoms with Crippen LogP contribution in [0.15, 0.2) is 29.3 Å². The van der Waals surface area contributed by atoms with E-state index in [2.05, 4.69) is 35.0 Å². The van der Waals surface area contributed by atoms with E-state index in [1.807, 2.05) is 64.0 Å². The molecule has 13 heteroatoms. The molecule has 6 rings (SSSR count). The first-order valence-corrected chi connectivity index (χ1v) is 20.8. The van der Waals surface area contributed by atoms with Crippen molar-refractivity contribution in [3.63, 3.8) is 0 Å². The van der Waals surface area contributed by atoms with Crippen molar-refractivity contribution in [2.45, 2.75) is 109 Å². The highest BCUT2D eigenvalue weighted by molar-refractivity contribution is 6.76. The first-order chi connectivity index (χ1) is 22.1. The number of nitrogens with zero attached hydrogens (tertiary/aromatic N) is 6. The molecule has 0 saturated carbocycles. The van der Waals surface area contributed by atoms with Crippen LogP contribution in [0.5, 0.6) is 0 Å². The molecule has 2 unspecified atom stereocenters. The normalized spacial score (nSPS) is 20.3. The highest BCUT2D eigenvalue weighted by Crippen LogP contribution is 2.40. The van der Waals surface area contributed by atoms with Crippen LogP contribution in [-0.2, 0) is 30.3 Å². The third-order valence-corrected chi connectivity index (χ3v) is 11.4. The van der Waals surface area contributed by atoms with Crippen LogP contribution < -0.4 is 15.8 Å². The Morgan fingerprint density at radius 1 is 1.09 bits per heavy atom. The Hall–Kier alpha value is -3.35. The van der Waals surface area contributed by atoms with Crippen molar-refractivity contribution in [2.24, 2.45) is 14.1 Å². The van der Waals surface area contributed by atoms with Gasteiger partial charge in [0.25, 0.3) is 5.56 Å². The summed E-state index contributed by atoms with van der Waals surface area (Å²) in [7, 11) is 2.39. The molecule has 2 aliphatic rings. The van der Waals surface area contributed by atoms with Crippen LogP contribution in [0.1, 0.15) is 52.9 Å². The van der Waals surface area contributed by atoms with Crippen molar-refractivity contribution < 1.29 is 14.3 Å². The van der Waals surface area contributed by atoms with Gasteiger partial charge in [-0.3, -0.25) is 14.0 Å². The number of carbonyl (C=O) groups is 1. The molecule has 1 amide bonds. The molecule has 0 aliphatic carbocycles. The monoisotopic (exact) mass is 681 g/mol. The van der Waals surface area contributed by atoms with Gasteiger partial charge in [0.15, 0.2) is 5.65 Å². The predicted octanol–water partition coefficient (Wildman–Crippen LogP) is 6.67. The number of hydrogen-bond donors (Lipinski definition) is 1. The molecule has 11 nitrogen and oxygen atoms in total. The van der Waals surface area contributed by atoms with Gasteiger partial charge in [-0.2, -0.15) is 10.1 Å². The van der Waals surface area contributed by atoms with Crippen LogP contribution >= 0.6 is 11.6 Å². The van der Waals surface area contributed by atoms with Crippen LogP contribution in [0.2, 0.25) is 30.7 Å². The molecule has 47 heavy (non-hydrogen) atoms. The van der Waals surface area contributed by atoms with Gasteiger partial charge in [-0.15, -0.1) is 0 Å². The van der Waals surface area contributed by atoms with E-state index in [0.29, 0.717) is 28.6 Å². The molecule has 2 aliphatic heterocycles. The molecule has 2 fully saturated rings. The number of halogens is 1. The number of rotatable bonds is 8. The minimum absolute atomic E-state index is 0.00285. The van der Waals surface area contributed by atoms with Crippen molar-refractivity contribution in [3.8, 4) is 11.1 Å². The van der Waals surface area contributed by atoms with Crippen LogP contribution in [0.3, 0.4) is 0 Å².